The third-order valence-electron chi connectivity index (χ3n) is 6.55. The van der Waals surface area contributed by atoms with E-state index in [-0.39, 0.29) is 0 Å². The lowest BCUT2D eigenvalue weighted by Gasteiger charge is -2.33. The number of rotatable bonds is 2. The van der Waals surface area contributed by atoms with E-state index in [0.29, 0.717) is 34.0 Å². The molecule has 3 fully saturated rings. The van der Waals surface area contributed by atoms with Crippen LogP contribution in [-0.2, 0) is 5.00 Å². The molecule has 4 bridgehead atoms. The van der Waals surface area contributed by atoms with Crippen LogP contribution in [0.15, 0.2) is 48.5 Å². The second kappa shape index (κ2) is 6.14. The Hall–Kier alpha value is -0.730. The molecule has 0 N–H and O–H groups in total. The Morgan fingerprint density at radius 2 is 1.54 bits per heavy atom. The number of nitrogens with zero attached hydrogens (tertiary/aromatic N) is 1. The first kappa shape index (κ1) is 17.4. The van der Waals surface area contributed by atoms with Crippen molar-refractivity contribution < 1.29 is 4.58 Å². The van der Waals surface area contributed by atoms with Crippen molar-refractivity contribution in [1.29, 1.82) is 0 Å². The lowest BCUT2D eigenvalue weighted by Crippen LogP contribution is -2.45. The normalized spacial score (nSPS) is 36.6. The molecule has 2 aromatic rings. The summed E-state index contributed by atoms with van der Waals surface area (Å²) in [6.07, 6.45) is 3.70. The first-order chi connectivity index (χ1) is 12.5. The van der Waals surface area contributed by atoms with Crippen LogP contribution in [0.4, 0.5) is 0 Å². The molecule has 5 rings (SSSR count). The maximum absolute atomic E-state index is 7.47. The van der Waals surface area contributed by atoms with Crippen LogP contribution >= 0.6 is 46.4 Å². The van der Waals surface area contributed by atoms with Gasteiger partial charge in [-0.1, -0.05) is 23.2 Å². The fourth-order valence-electron chi connectivity index (χ4n) is 5.62. The molecule has 26 heavy (non-hydrogen) atoms. The third kappa shape index (κ3) is 2.34. The molecule has 5 heteroatoms. The minimum Gasteiger partial charge on any atom is -0.192 e. The molecular formula is C21H18Cl4N+. The minimum atomic E-state index is -0.615. The molecule has 0 unspecified atom stereocenters. The highest BCUT2D eigenvalue weighted by atomic mass is 35.5. The molecule has 0 radical (unpaired) electrons. The summed E-state index contributed by atoms with van der Waals surface area (Å²) in [6.45, 7) is 0. The highest BCUT2D eigenvalue weighted by Crippen LogP contribution is 2.66. The van der Waals surface area contributed by atoms with Crippen molar-refractivity contribution in [3.05, 3.63) is 69.7 Å². The summed E-state index contributed by atoms with van der Waals surface area (Å²) < 4.78 is 2.27. The van der Waals surface area contributed by atoms with Crippen LogP contribution in [0.3, 0.4) is 0 Å². The average Bonchev–Trinajstić information content (AvgIpc) is 3.28. The van der Waals surface area contributed by atoms with Gasteiger partial charge in [0.2, 0.25) is 0 Å². The Kier molecular flexibility index (Phi) is 4.10. The Bertz CT molecular complexity index is 889. The predicted octanol–water partition coefficient (Wildman–Crippen LogP) is 6.51. The zero-order chi connectivity index (χ0) is 18.1. The standard InChI is InChI=1S/C21H18Cl4N/c22-15-6-1-12(2-7-15)20(24)26-18-11-13-3-10-17(18)19(13)21(26,25)14-4-8-16(23)9-5-14/h1-2,4-9,13,17-19H,3,10-11H2/q+1/b26-20-/t13-,17+,18-,19+,21+/m1/s1. The van der Waals surface area contributed by atoms with Gasteiger partial charge in [-0.2, -0.15) is 4.58 Å². The second-order valence-corrected chi connectivity index (χ2v) is 9.49. The SMILES string of the molecule is Cl/C(c1ccc(Cl)cc1)=[N+]1/[C@@H]2C[C@H]3CC[C@@H]2[C@H]3[C@]1(Cl)c1ccc(Cl)cc1. The van der Waals surface area contributed by atoms with E-state index >= 15 is 0 Å². The predicted molar refractivity (Wildman–Crippen MR) is 109 cm³/mol. The molecule has 5 atom stereocenters. The van der Waals surface area contributed by atoms with Crippen molar-refractivity contribution in [2.75, 3.05) is 0 Å². The molecule has 2 aromatic carbocycles. The van der Waals surface area contributed by atoms with Crippen molar-refractivity contribution in [3.63, 3.8) is 0 Å². The van der Waals surface area contributed by atoms with Crippen molar-refractivity contribution in [1.82, 2.24) is 0 Å². The van der Waals surface area contributed by atoms with Gasteiger partial charge in [-0.25, -0.2) is 0 Å². The Labute approximate surface area is 173 Å². The van der Waals surface area contributed by atoms with Gasteiger partial charge in [-0.15, -0.1) is 0 Å². The molecule has 0 aromatic heterocycles. The molecule has 1 heterocycles. The molecular weight excluding hydrogens is 408 g/mol. The molecule has 2 saturated carbocycles. The van der Waals surface area contributed by atoms with E-state index < -0.39 is 5.00 Å². The lowest BCUT2D eigenvalue weighted by molar-refractivity contribution is -0.618. The summed E-state index contributed by atoms with van der Waals surface area (Å²) in [7, 11) is 0. The zero-order valence-electron chi connectivity index (χ0n) is 14.0. The highest BCUT2D eigenvalue weighted by molar-refractivity contribution is 6.68. The van der Waals surface area contributed by atoms with Gasteiger partial charge in [0.25, 0.3) is 10.2 Å². The molecule has 2 aliphatic carbocycles. The van der Waals surface area contributed by atoms with E-state index in [1.807, 2.05) is 36.4 Å². The largest absolute Gasteiger partial charge is 0.278 e. The van der Waals surface area contributed by atoms with E-state index in [1.54, 1.807) is 0 Å². The number of hydrogen-bond donors (Lipinski definition) is 0. The highest BCUT2D eigenvalue weighted by Gasteiger charge is 2.73. The van der Waals surface area contributed by atoms with Crippen molar-refractivity contribution in [3.8, 4) is 0 Å². The number of alkyl halides is 1. The first-order valence-electron chi connectivity index (χ1n) is 9.03. The minimum absolute atomic E-state index is 0.398. The van der Waals surface area contributed by atoms with Crippen LogP contribution in [0.2, 0.25) is 10.0 Å². The Morgan fingerprint density at radius 1 is 0.923 bits per heavy atom. The lowest BCUT2D eigenvalue weighted by atomic mass is 9.85. The van der Waals surface area contributed by atoms with Crippen LogP contribution < -0.4 is 0 Å². The van der Waals surface area contributed by atoms with E-state index in [1.165, 1.54) is 19.3 Å². The molecule has 1 saturated heterocycles. The monoisotopic (exact) mass is 424 g/mol. The summed E-state index contributed by atoms with van der Waals surface area (Å²) >= 11 is 26.6. The van der Waals surface area contributed by atoms with Crippen molar-refractivity contribution in [2.24, 2.45) is 17.8 Å². The van der Waals surface area contributed by atoms with E-state index in [9.17, 15) is 0 Å². The van der Waals surface area contributed by atoms with Gasteiger partial charge in [0, 0.05) is 27.9 Å². The topological polar surface area (TPSA) is 3.01 Å². The fourth-order valence-corrected chi connectivity index (χ4v) is 6.98. The summed E-state index contributed by atoms with van der Waals surface area (Å²) in [5.41, 5.74) is 2.04. The summed E-state index contributed by atoms with van der Waals surface area (Å²) in [4.78, 5) is -0.615. The molecule has 3 aliphatic rings. The van der Waals surface area contributed by atoms with Crippen LogP contribution in [0.1, 0.15) is 30.4 Å². The molecule has 1 aliphatic heterocycles. The molecule has 0 amide bonds. The number of hydrogen-bond acceptors (Lipinski definition) is 0. The first-order valence-corrected chi connectivity index (χ1v) is 10.5. The summed E-state index contributed by atoms with van der Waals surface area (Å²) in [5.74, 6) is 1.72. The van der Waals surface area contributed by atoms with Crippen LogP contribution in [-0.4, -0.2) is 15.8 Å². The van der Waals surface area contributed by atoms with Gasteiger partial charge in [-0.05, 0) is 90.5 Å². The van der Waals surface area contributed by atoms with Gasteiger partial charge in [-0.3, -0.25) is 0 Å². The van der Waals surface area contributed by atoms with Gasteiger partial charge in [0.05, 0.1) is 11.5 Å². The van der Waals surface area contributed by atoms with E-state index in [0.717, 1.165) is 16.1 Å². The van der Waals surface area contributed by atoms with Gasteiger partial charge in [0.1, 0.15) is 0 Å². The Balaban J connectivity index is 1.71. The molecule has 134 valence electrons. The maximum Gasteiger partial charge on any atom is 0.278 e. The van der Waals surface area contributed by atoms with Gasteiger partial charge >= 0.3 is 0 Å². The zero-order valence-corrected chi connectivity index (χ0v) is 17.0. The van der Waals surface area contributed by atoms with E-state index in [2.05, 4.69) is 16.7 Å². The van der Waals surface area contributed by atoms with Gasteiger partial charge < -0.3 is 0 Å². The third-order valence-corrected chi connectivity index (χ3v) is 8.10. The van der Waals surface area contributed by atoms with Gasteiger partial charge in [0.15, 0.2) is 6.04 Å². The van der Waals surface area contributed by atoms with Crippen LogP contribution in [0.25, 0.3) is 0 Å². The van der Waals surface area contributed by atoms with Crippen LogP contribution in [0, 0.1) is 17.8 Å². The number of piperidine rings is 1. The van der Waals surface area contributed by atoms with E-state index in [4.69, 9.17) is 46.4 Å². The number of halogens is 4. The van der Waals surface area contributed by atoms with Crippen molar-refractivity contribution in [2.45, 2.75) is 30.3 Å². The Morgan fingerprint density at radius 3 is 2.19 bits per heavy atom. The fraction of sp³-hybridized carbons (Fsp3) is 0.381. The average molecular weight is 426 g/mol. The quantitative estimate of drug-likeness (QED) is 0.293. The maximum atomic E-state index is 7.47. The van der Waals surface area contributed by atoms with Crippen LogP contribution in [0.5, 0.6) is 0 Å². The summed E-state index contributed by atoms with van der Waals surface area (Å²) in [6, 6.07) is 16.0. The molecule has 1 nitrogen and oxygen atoms in total. The number of benzene rings is 2. The smallest absolute Gasteiger partial charge is 0.192 e. The summed E-state index contributed by atoms with van der Waals surface area (Å²) in [5, 5.41) is 2.14. The molecule has 0 spiro atoms. The second-order valence-electron chi connectivity index (χ2n) is 7.68. The van der Waals surface area contributed by atoms with Crippen molar-refractivity contribution >= 4 is 51.6 Å².